The summed E-state index contributed by atoms with van der Waals surface area (Å²) >= 11 is 0. The maximum atomic E-state index is 8.83. The number of rotatable bonds is 3. The summed E-state index contributed by atoms with van der Waals surface area (Å²) in [5.41, 5.74) is -0.710. The van der Waals surface area contributed by atoms with Crippen LogP contribution in [0.1, 0.15) is 19.3 Å². The third-order valence-electron chi connectivity index (χ3n) is 1.56. The van der Waals surface area contributed by atoms with Crippen LogP contribution in [0.2, 0.25) is 0 Å². The van der Waals surface area contributed by atoms with Gasteiger partial charge in [-0.2, -0.15) is 5.26 Å². The van der Waals surface area contributed by atoms with Crippen molar-refractivity contribution in [3.05, 3.63) is 0 Å². The van der Waals surface area contributed by atoms with Crippen LogP contribution >= 0.6 is 0 Å². The highest BCUT2D eigenvalue weighted by atomic mass is 14.4. The molecule has 0 spiro atoms. The van der Waals surface area contributed by atoms with Gasteiger partial charge in [0.2, 0.25) is 0 Å². The number of hydrogen-bond donors (Lipinski definition) is 0. The van der Waals surface area contributed by atoms with Gasteiger partial charge in [-0.05, 0) is 0 Å². The Hall–Kier alpha value is -1.83. The second-order valence-electron chi connectivity index (χ2n) is 2.53. The van der Waals surface area contributed by atoms with Crippen LogP contribution in [0.4, 0.5) is 0 Å². The molecule has 0 aliphatic heterocycles. The molecule has 0 saturated heterocycles. The molecule has 0 heterocycles. The lowest BCUT2D eigenvalue weighted by Gasteiger charge is -2.17. The van der Waals surface area contributed by atoms with Gasteiger partial charge in [0.15, 0.2) is 0 Å². The van der Waals surface area contributed by atoms with Gasteiger partial charge < -0.3 is 0 Å². The molecule has 0 aromatic rings. The van der Waals surface area contributed by atoms with Crippen molar-refractivity contribution >= 4 is 0 Å². The molecule has 0 amide bonds. The predicted octanol–water partition coefficient (Wildman–Crippen LogP) is 1.57. The predicted molar refractivity (Wildman–Crippen MR) is 48.4 cm³/mol. The first-order chi connectivity index (χ1) is 5.74. The Balaban J connectivity index is 4.60. The Morgan fingerprint density at radius 2 is 1.25 bits per heavy atom. The second kappa shape index (κ2) is 4.91. The molecular formula is C11H9N. The maximum Gasteiger partial charge on any atom is 0.0899 e. The maximum absolute atomic E-state index is 8.83. The van der Waals surface area contributed by atoms with E-state index in [-0.39, 0.29) is 0 Å². The molecule has 0 N–H and O–H groups in total. The van der Waals surface area contributed by atoms with Gasteiger partial charge in [0.25, 0.3) is 0 Å². The van der Waals surface area contributed by atoms with Gasteiger partial charge in [-0.1, -0.05) is 0 Å². The topological polar surface area (TPSA) is 23.8 Å². The highest BCUT2D eigenvalue weighted by molar-refractivity contribution is 5.15. The zero-order valence-electron chi connectivity index (χ0n) is 6.80. The van der Waals surface area contributed by atoms with E-state index < -0.39 is 5.41 Å². The van der Waals surface area contributed by atoms with Crippen molar-refractivity contribution in [2.45, 2.75) is 19.3 Å². The van der Waals surface area contributed by atoms with E-state index in [2.05, 4.69) is 23.8 Å². The molecule has 0 aliphatic rings. The van der Waals surface area contributed by atoms with Gasteiger partial charge in [-0.25, -0.2) is 0 Å². The van der Waals surface area contributed by atoms with Crippen molar-refractivity contribution in [1.29, 1.82) is 5.26 Å². The molecule has 0 rings (SSSR count). The Kier molecular flexibility index (Phi) is 4.16. The third-order valence-corrected chi connectivity index (χ3v) is 1.56. The van der Waals surface area contributed by atoms with Crippen LogP contribution in [0.15, 0.2) is 0 Å². The number of terminal acetylenes is 3. The summed E-state index contributed by atoms with van der Waals surface area (Å²) in [6.07, 6.45) is 16.3. The lowest BCUT2D eigenvalue weighted by molar-refractivity contribution is 0.432. The molecule has 58 valence electrons. The summed E-state index contributed by atoms with van der Waals surface area (Å²) in [4.78, 5) is 0. The largest absolute Gasteiger partial charge is 0.198 e. The lowest BCUT2D eigenvalue weighted by atomic mass is 9.80. The minimum absolute atomic E-state index is 0.317. The summed E-state index contributed by atoms with van der Waals surface area (Å²) < 4.78 is 0. The first kappa shape index (κ1) is 10.2. The van der Waals surface area contributed by atoms with Gasteiger partial charge in [0.05, 0.1) is 11.5 Å². The summed E-state index contributed by atoms with van der Waals surface area (Å²) in [5.74, 6) is 7.25. The monoisotopic (exact) mass is 155 g/mol. The van der Waals surface area contributed by atoms with Crippen LogP contribution in [-0.4, -0.2) is 0 Å². The quantitative estimate of drug-likeness (QED) is 0.567. The van der Waals surface area contributed by atoms with E-state index in [0.717, 1.165) is 0 Å². The molecular weight excluding hydrogens is 146 g/mol. The van der Waals surface area contributed by atoms with E-state index in [1.54, 1.807) is 0 Å². The second-order valence-corrected chi connectivity index (χ2v) is 2.53. The van der Waals surface area contributed by atoms with E-state index >= 15 is 0 Å². The van der Waals surface area contributed by atoms with Crippen molar-refractivity contribution in [2.24, 2.45) is 5.41 Å². The molecule has 0 fully saturated rings. The van der Waals surface area contributed by atoms with E-state index in [0.29, 0.717) is 19.3 Å². The zero-order chi connectivity index (χ0) is 9.45. The average molecular weight is 155 g/mol. The van der Waals surface area contributed by atoms with Crippen LogP contribution in [0.25, 0.3) is 0 Å². The van der Waals surface area contributed by atoms with E-state index in [1.807, 2.05) is 0 Å². The highest BCUT2D eigenvalue weighted by Gasteiger charge is 2.26. The van der Waals surface area contributed by atoms with Crippen LogP contribution in [-0.2, 0) is 0 Å². The van der Waals surface area contributed by atoms with Crippen molar-refractivity contribution in [3.8, 4) is 43.1 Å². The van der Waals surface area contributed by atoms with Gasteiger partial charge in [-0.3, -0.25) is 0 Å². The van der Waals surface area contributed by atoms with E-state index in [9.17, 15) is 0 Å². The van der Waals surface area contributed by atoms with E-state index in [1.165, 1.54) is 0 Å². The minimum Gasteiger partial charge on any atom is -0.198 e. The fraction of sp³-hybridized carbons (Fsp3) is 0.364. The molecule has 0 aromatic carbocycles. The fourth-order valence-electron chi connectivity index (χ4n) is 0.892. The first-order valence-corrected chi connectivity index (χ1v) is 3.46. The Bertz CT molecular complexity index is 257. The lowest BCUT2D eigenvalue weighted by Crippen LogP contribution is -2.16. The van der Waals surface area contributed by atoms with Crippen LogP contribution < -0.4 is 0 Å². The number of hydrogen-bond acceptors (Lipinski definition) is 1. The standard InChI is InChI=1S/C11H9N/c1-4-7-11(10-12,8-5-2)9-6-3/h1-3H,7-9H2. The smallest absolute Gasteiger partial charge is 0.0899 e. The van der Waals surface area contributed by atoms with Crippen LogP contribution in [0, 0.1) is 53.8 Å². The minimum atomic E-state index is -0.710. The Morgan fingerprint density at radius 3 is 1.42 bits per heavy atom. The summed E-state index contributed by atoms with van der Waals surface area (Å²) in [7, 11) is 0. The van der Waals surface area contributed by atoms with Crippen molar-refractivity contribution in [2.75, 3.05) is 0 Å². The van der Waals surface area contributed by atoms with Crippen molar-refractivity contribution < 1.29 is 0 Å². The third kappa shape index (κ3) is 2.42. The molecule has 0 aliphatic carbocycles. The highest BCUT2D eigenvalue weighted by Crippen LogP contribution is 2.28. The van der Waals surface area contributed by atoms with Crippen molar-refractivity contribution in [3.63, 3.8) is 0 Å². The van der Waals surface area contributed by atoms with Crippen molar-refractivity contribution in [1.82, 2.24) is 0 Å². The van der Waals surface area contributed by atoms with Gasteiger partial charge in [0, 0.05) is 19.3 Å². The number of nitrogens with zero attached hydrogens (tertiary/aromatic N) is 1. The molecule has 0 radical (unpaired) electrons. The molecule has 1 nitrogen and oxygen atoms in total. The van der Waals surface area contributed by atoms with Crippen LogP contribution in [0.3, 0.4) is 0 Å². The molecule has 0 aromatic heterocycles. The molecule has 12 heavy (non-hydrogen) atoms. The zero-order valence-corrected chi connectivity index (χ0v) is 6.80. The molecule has 1 heteroatoms. The fourth-order valence-corrected chi connectivity index (χ4v) is 0.892. The molecule has 0 unspecified atom stereocenters. The van der Waals surface area contributed by atoms with E-state index in [4.69, 9.17) is 24.5 Å². The molecule has 0 bridgehead atoms. The average Bonchev–Trinajstić information content (AvgIpc) is 2.06. The Morgan fingerprint density at radius 1 is 0.917 bits per heavy atom. The summed E-state index contributed by atoms with van der Waals surface area (Å²) in [6, 6.07) is 2.09. The first-order valence-electron chi connectivity index (χ1n) is 3.46. The summed E-state index contributed by atoms with van der Waals surface area (Å²) in [5, 5.41) is 8.83. The SMILES string of the molecule is C#CCC(C#N)(CC#C)CC#C. The van der Waals surface area contributed by atoms with Gasteiger partial charge in [0.1, 0.15) is 0 Å². The Labute approximate surface area is 73.8 Å². The molecule has 0 atom stereocenters. The number of nitriles is 1. The normalized spacial score (nSPS) is 8.67. The van der Waals surface area contributed by atoms with Gasteiger partial charge in [-0.15, -0.1) is 37.0 Å². The summed E-state index contributed by atoms with van der Waals surface area (Å²) in [6.45, 7) is 0. The van der Waals surface area contributed by atoms with Crippen LogP contribution in [0.5, 0.6) is 0 Å². The molecule has 0 saturated carbocycles. The van der Waals surface area contributed by atoms with Gasteiger partial charge >= 0.3 is 0 Å².